The SMILES string of the molecule is CCOc1ccccc1NC(=O)c1ccc(S(=O)(=O)N2C[C@H](C)C[C@H](C)C2)cc1. The summed E-state index contributed by atoms with van der Waals surface area (Å²) < 4.78 is 33.0. The molecule has 1 saturated heterocycles. The molecule has 1 fully saturated rings. The van der Waals surface area contributed by atoms with Gasteiger partial charge in [-0.05, 0) is 61.6 Å². The predicted molar refractivity (Wildman–Crippen MR) is 114 cm³/mol. The third-order valence-corrected chi connectivity index (χ3v) is 6.87. The summed E-state index contributed by atoms with van der Waals surface area (Å²) in [6.45, 7) is 7.58. The van der Waals surface area contributed by atoms with E-state index >= 15 is 0 Å². The number of sulfonamides is 1. The minimum absolute atomic E-state index is 0.213. The van der Waals surface area contributed by atoms with Crippen molar-refractivity contribution in [3.05, 3.63) is 54.1 Å². The lowest BCUT2D eigenvalue weighted by molar-refractivity contribution is 0.102. The van der Waals surface area contributed by atoms with E-state index < -0.39 is 10.0 Å². The molecule has 6 nitrogen and oxygen atoms in total. The molecule has 2 aromatic carbocycles. The first-order valence-electron chi connectivity index (χ1n) is 9.94. The highest BCUT2D eigenvalue weighted by Gasteiger charge is 2.31. The summed E-state index contributed by atoms with van der Waals surface area (Å²) in [6.07, 6.45) is 1.04. The van der Waals surface area contributed by atoms with Gasteiger partial charge in [0.1, 0.15) is 5.75 Å². The van der Waals surface area contributed by atoms with Gasteiger partial charge in [-0.2, -0.15) is 4.31 Å². The molecule has 1 aliphatic heterocycles. The van der Waals surface area contributed by atoms with E-state index in [1.165, 1.54) is 12.1 Å². The third-order valence-electron chi connectivity index (χ3n) is 5.02. The average Bonchev–Trinajstić information content (AvgIpc) is 2.69. The smallest absolute Gasteiger partial charge is 0.255 e. The fourth-order valence-electron chi connectivity index (χ4n) is 3.78. The Bertz CT molecular complexity index is 947. The van der Waals surface area contributed by atoms with Crippen molar-refractivity contribution in [3.8, 4) is 5.75 Å². The molecule has 0 saturated carbocycles. The van der Waals surface area contributed by atoms with Crippen LogP contribution in [0.5, 0.6) is 5.75 Å². The van der Waals surface area contributed by atoms with E-state index in [9.17, 15) is 13.2 Å². The van der Waals surface area contributed by atoms with Gasteiger partial charge in [0.15, 0.2) is 0 Å². The molecule has 0 radical (unpaired) electrons. The van der Waals surface area contributed by atoms with E-state index in [1.54, 1.807) is 28.6 Å². The first kappa shape index (κ1) is 21.3. The Morgan fingerprint density at radius 1 is 1.07 bits per heavy atom. The number of anilines is 1. The van der Waals surface area contributed by atoms with Crippen molar-refractivity contribution < 1.29 is 17.9 Å². The molecule has 1 amide bonds. The summed E-state index contributed by atoms with van der Waals surface area (Å²) in [5.74, 6) is 0.949. The van der Waals surface area contributed by atoms with E-state index in [-0.39, 0.29) is 10.8 Å². The molecular weight excluding hydrogens is 388 g/mol. The second-order valence-electron chi connectivity index (χ2n) is 7.68. The first-order chi connectivity index (χ1) is 13.8. The zero-order valence-electron chi connectivity index (χ0n) is 17.1. The number of hydrogen-bond acceptors (Lipinski definition) is 4. The van der Waals surface area contributed by atoms with Gasteiger partial charge in [-0.3, -0.25) is 4.79 Å². The van der Waals surface area contributed by atoms with Crippen LogP contribution in [0.3, 0.4) is 0 Å². The fraction of sp³-hybridized carbons (Fsp3) is 0.409. The van der Waals surface area contributed by atoms with Crippen LogP contribution in [0.25, 0.3) is 0 Å². The van der Waals surface area contributed by atoms with Gasteiger partial charge in [0.2, 0.25) is 10.0 Å². The fourth-order valence-corrected chi connectivity index (χ4v) is 5.45. The summed E-state index contributed by atoms with van der Waals surface area (Å²) in [4.78, 5) is 12.8. The van der Waals surface area contributed by atoms with Crippen molar-refractivity contribution in [2.24, 2.45) is 11.8 Å². The van der Waals surface area contributed by atoms with Gasteiger partial charge in [-0.15, -0.1) is 0 Å². The molecule has 0 aromatic heterocycles. The molecule has 0 unspecified atom stereocenters. The quantitative estimate of drug-likeness (QED) is 0.772. The van der Waals surface area contributed by atoms with Gasteiger partial charge in [0, 0.05) is 18.7 Å². The highest BCUT2D eigenvalue weighted by Crippen LogP contribution is 2.27. The molecular formula is C22H28N2O4S. The molecule has 2 atom stereocenters. The van der Waals surface area contributed by atoms with Crippen molar-refractivity contribution in [2.45, 2.75) is 32.1 Å². The summed E-state index contributed by atoms with van der Waals surface area (Å²) in [6, 6.07) is 13.3. The number of benzene rings is 2. The summed E-state index contributed by atoms with van der Waals surface area (Å²) in [7, 11) is -3.56. The van der Waals surface area contributed by atoms with Gasteiger partial charge in [-0.1, -0.05) is 26.0 Å². The van der Waals surface area contributed by atoms with Crippen molar-refractivity contribution in [1.82, 2.24) is 4.31 Å². The van der Waals surface area contributed by atoms with Crippen molar-refractivity contribution >= 4 is 21.6 Å². The number of nitrogens with zero attached hydrogens (tertiary/aromatic N) is 1. The van der Waals surface area contributed by atoms with Crippen molar-refractivity contribution in [2.75, 3.05) is 25.0 Å². The van der Waals surface area contributed by atoms with E-state index in [1.807, 2.05) is 19.1 Å². The molecule has 0 bridgehead atoms. The third kappa shape index (κ3) is 4.97. The lowest BCUT2D eigenvalue weighted by Crippen LogP contribution is -2.42. The maximum atomic E-state index is 13.0. The zero-order chi connectivity index (χ0) is 21.0. The molecule has 1 N–H and O–H groups in total. The highest BCUT2D eigenvalue weighted by atomic mass is 32.2. The minimum Gasteiger partial charge on any atom is -0.492 e. The molecule has 3 rings (SSSR count). The Kier molecular flexibility index (Phi) is 6.59. The van der Waals surface area contributed by atoms with Crippen LogP contribution in [0.15, 0.2) is 53.4 Å². The van der Waals surface area contributed by atoms with Crippen LogP contribution in [-0.4, -0.2) is 38.3 Å². The average molecular weight is 417 g/mol. The molecule has 0 spiro atoms. The van der Waals surface area contributed by atoms with Crippen LogP contribution in [0.2, 0.25) is 0 Å². The monoisotopic (exact) mass is 416 g/mol. The number of carbonyl (C=O) groups excluding carboxylic acids is 1. The van der Waals surface area contributed by atoms with E-state index in [0.29, 0.717) is 48.5 Å². The molecule has 156 valence electrons. The normalized spacial score (nSPS) is 20.2. The Morgan fingerprint density at radius 2 is 1.69 bits per heavy atom. The Balaban J connectivity index is 1.75. The molecule has 7 heteroatoms. The van der Waals surface area contributed by atoms with Gasteiger partial charge >= 0.3 is 0 Å². The summed E-state index contributed by atoms with van der Waals surface area (Å²) in [5.41, 5.74) is 0.961. The van der Waals surface area contributed by atoms with Gasteiger partial charge in [0.05, 0.1) is 17.2 Å². The number of nitrogens with one attached hydrogen (secondary N) is 1. The summed E-state index contributed by atoms with van der Waals surface area (Å²) >= 11 is 0. The number of rotatable bonds is 6. The number of carbonyl (C=O) groups is 1. The molecule has 1 heterocycles. The molecule has 29 heavy (non-hydrogen) atoms. The first-order valence-corrected chi connectivity index (χ1v) is 11.4. The molecule has 1 aliphatic rings. The Morgan fingerprint density at radius 3 is 2.31 bits per heavy atom. The van der Waals surface area contributed by atoms with Crippen molar-refractivity contribution in [1.29, 1.82) is 0 Å². The minimum atomic E-state index is -3.56. The van der Waals surface area contributed by atoms with Gasteiger partial charge in [-0.25, -0.2) is 8.42 Å². The number of para-hydroxylation sites is 2. The molecule has 0 aliphatic carbocycles. The van der Waals surface area contributed by atoms with Gasteiger partial charge in [0.25, 0.3) is 5.91 Å². The van der Waals surface area contributed by atoms with Crippen LogP contribution in [-0.2, 0) is 10.0 Å². The second kappa shape index (κ2) is 8.97. The van der Waals surface area contributed by atoms with Crippen LogP contribution in [0.1, 0.15) is 37.6 Å². The van der Waals surface area contributed by atoms with E-state index in [4.69, 9.17) is 4.74 Å². The standard InChI is InChI=1S/C22H28N2O4S/c1-4-28-21-8-6-5-7-20(21)23-22(25)18-9-11-19(12-10-18)29(26,27)24-14-16(2)13-17(3)15-24/h5-12,16-17H,4,13-15H2,1-3H3,(H,23,25)/t16-,17+. The number of ether oxygens (including phenoxy) is 1. The zero-order valence-corrected chi connectivity index (χ0v) is 17.9. The van der Waals surface area contributed by atoms with E-state index in [0.717, 1.165) is 6.42 Å². The maximum Gasteiger partial charge on any atom is 0.255 e. The summed E-state index contributed by atoms with van der Waals surface area (Å²) in [5, 5.41) is 2.82. The lowest BCUT2D eigenvalue weighted by Gasteiger charge is -2.34. The Hall–Kier alpha value is -2.38. The Labute approximate surface area is 172 Å². The predicted octanol–water partition coefficient (Wildman–Crippen LogP) is 4.00. The highest BCUT2D eigenvalue weighted by molar-refractivity contribution is 7.89. The second-order valence-corrected chi connectivity index (χ2v) is 9.61. The topological polar surface area (TPSA) is 75.7 Å². The van der Waals surface area contributed by atoms with Crippen LogP contribution in [0.4, 0.5) is 5.69 Å². The van der Waals surface area contributed by atoms with Crippen molar-refractivity contribution in [3.63, 3.8) is 0 Å². The maximum absolute atomic E-state index is 13.0. The van der Waals surface area contributed by atoms with E-state index in [2.05, 4.69) is 19.2 Å². The number of piperidine rings is 1. The lowest BCUT2D eigenvalue weighted by atomic mass is 9.94. The van der Waals surface area contributed by atoms with Crippen LogP contribution < -0.4 is 10.1 Å². The van der Waals surface area contributed by atoms with Crippen LogP contribution in [0, 0.1) is 11.8 Å². The molecule has 2 aromatic rings. The van der Waals surface area contributed by atoms with Crippen LogP contribution >= 0.6 is 0 Å². The number of amides is 1. The largest absolute Gasteiger partial charge is 0.492 e. The number of hydrogen-bond donors (Lipinski definition) is 1. The van der Waals surface area contributed by atoms with Gasteiger partial charge < -0.3 is 10.1 Å².